The van der Waals surface area contributed by atoms with Crippen LogP contribution >= 0.6 is 0 Å². The van der Waals surface area contributed by atoms with Gasteiger partial charge in [-0.1, -0.05) is 25.2 Å². The van der Waals surface area contributed by atoms with Gasteiger partial charge in [-0.2, -0.15) is 10.4 Å². The number of fused-ring (bicyclic) bond motifs is 1. The van der Waals surface area contributed by atoms with Crippen molar-refractivity contribution in [3.05, 3.63) is 30.0 Å². The number of para-hydroxylation sites is 1. The summed E-state index contributed by atoms with van der Waals surface area (Å²) in [4.78, 5) is 0. The molecule has 0 aliphatic carbocycles. The summed E-state index contributed by atoms with van der Waals surface area (Å²) in [5.74, 6) is 0. The molecule has 0 aliphatic heterocycles. The maximum absolute atomic E-state index is 9.03. The van der Waals surface area contributed by atoms with Crippen LogP contribution in [0.4, 0.5) is 0 Å². The molecule has 1 heterocycles. The first-order valence-corrected chi connectivity index (χ1v) is 9.28. The van der Waals surface area contributed by atoms with Gasteiger partial charge in [-0.15, -0.1) is 0 Å². The molecule has 0 fully saturated rings. The Morgan fingerprint density at radius 1 is 1.39 bits per heavy atom. The van der Waals surface area contributed by atoms with Crippen LogP contribution in [-0.2, 0) is 11.5 Å². The Morgan fingerprint density at radius 2 is 2.17 bits per heavy atom. The van der Waals surface area contributed by atoms with Crippen LogP contribution in [0, 0.1) is 11.3 Å². The fourth-order valence-corrected chi connectivity index (χ4v) is 2.42. The topological polar surface area (TPSA) is 50.8 Å². The van der Waals surface area contributed by atoms with E-state index in [1.54, 1.807) is 4.68 Å². The van der Waals surface area contributed by atoms with Crippen molar-refractivity contribution in [3.8, 4) is 6.07 Å². The van der Waals surface area contributed by atoms with Gasteiger partial charge in [-0.05, 0) is 18.2 Å². The van der Waals surface area contributed by atoms with E-state index in [2.05, 4.69) is 24.3 Å². The van der Waals surface area contributed by atoms with Gasteiger partial charge in [0, 0.05) is 20.8 Å². The summed E-state index contributed by atoms with van der Waals surface area (Å²) in [6.07, 6.45) is 0. The lowest BCUT2D eigenvalue weighted by molar-refractivity contribution is 0.0819. The minimum atomic E-state index is -0.553. The van der Waals surface area contributed by atoms with Crippen molar-refractivity contribution < 1.29 is 4.74 Å². The summed E-state index contributed by atoms with van der Waals surface area (Å²) >= 11 is 0. The third-order valence-electron chi connectivity index (χ3n) is 2.82. The molecule has 2 rings (SSSR count). The Kier molecular flexibility index (Phi) is 4.13. The van der Waals surface area contributed by atoms with Crippen molar-refractivity contribution in [2.45, 2.75) is 25.9 Å². The monoisotopic (exact) mass is 259 g/mol. The van der Waals surface area contributed by atoms with Crippen molar-refractivity contribution in [1.82, 2.24) is 9.78 Å². The van der Waals surface area contributed by atoms with Crippen molar-refractivity contribution in [2.24, 2.45) is 0 Å². The van der Waals surface area contributed by atoms with Gasteiger partial charge in [0.05, 0.1) is 5.52 Å². The molecule has 0 unspecified atom stereocenters. The second-order valence-corrected chi connectivity index (χ2v) is 8.06. The van der Waals surface area contributed by atoms with E-state index in [9.17, 15) is 0 Å². The van der Waals surface area contributed by atoms with Gasteiger partial charge in [0.15, 0.2) is 5.69 Å². The average molecular weight is 259 g/mol. The largest absolute Gasteiger partial charge is 0.360 e. The van der Waals surface area contributed by atoms with Gasteiger partial charge < -0.3 is 4.74 Å². The number of hydrogen-bond acceptors (Lipinski definition) is 3. The zero-order chi connectivity index (χ0) is 13.0. The Balaban J connectivity index is 2.11. The van der Waals surface area contributed by atoms with Crippen LogP contribution in [0.25, 0.3) is 10.9 Å². The lowest BCUT2D eigenvalue weighted by Gasteiger charge is -2.06. The van der Waals surface area contributed by atoms with E-state index in [0.717, 1.165) is 17.5 Å². The molecule has 1 aromatic heterocycles. The first-order valence-electron chi connectivity index (χ1n) is 6.15. The minimum absolute atomic E-state index is 0.420. The van der Waals surface area contributed by atoms with Gasteiger partial charge >= 0.3 is 0 Å². The van der Waals surface area contributed by atoms with Crippen LogP contribution in [-0.4, -0.2) is 25.2 Å². The zero-order valence-corrected chi connectivity index (χ0v) is 11.9. The van der Waals surface area contributed by atoms with Crippen molar-refractivity contribution >= 4 is 19.7 Å². The molecule has 0 aliphatic rings. The lowest BCUT2D eigenvalue weighted by atomic mass is 10.2. The fraction of sp³-hybridized carbons (Fsp3) is 0.385. The predicted octanol–water partition coefficient (Wildman–Crippen LogP) is 2.37. The molecule has 0 saturated carbocycles. The van der Waals surface area contributed by atoms with Gasteiger partial charge in [-0.3, -0.25) is 0 Å². The van der Waals surface area contributed by atoms with E-state index in [0.29, 0.717) is 12.4 Å². The Morgan fingerprint density at radius 3 is 2.89 bits per heavy atom. The first kappa shape index (κ1) is 12.8. The maximum Gasteiger partial charge on any atom is 0.170 e. The number of benzene rings is 1. The maximum atomic E-state index is 9.03. The van der Waals surface area contributed by atoms with E-state index in [4.69, 9.17) is 10.00 Å². The van der Waals surface area contributed by atoms with Crippen molar-refractivity contribution in [2.75, 3.05) is 6.61 Å². The Labute approximate surface area is 108 Å². The zero-order valence-electron chi connectivity index (χ0n) is 10.8. The molecule has 0 saturated heterocycles. The molecular weight excluding hydrogens is 242 g/mol. The number of ether oxygens (including phenoxy) is 1. The number of hydrogen-bond donors (Lipinski definition) is 0. The normalized spacial score (nSPS) is 11.0. The summed E-state index contributed by atoms with van der Waals surface area (Å²) in [5, 5.41) is 14.2. The van der Waals surface area contributed by atoms with Crippen LogP contribution in [0.2, 0.25) is 19.1 Å². The molecule has 0 atom stereocenters. The average Bonchev–Trinajstić information content (AvgIpc) is 2.73. The van der Waals surface area contributed by atoms with E-state index in [1.165, 1.54) is 6.04 Å². The quantitative estimate of drug-likeness (QED) is 0.612. The second kappa shape index (κ2) is 5.80. The number of nitriles is 1. The van der Waals surface area contributed by atoms with Crippen molar-refractivity contribution in [1.29, 1.82) is 5.26 Å². The molecule has 4 nitrogen and oxygen atoms in total. The SMILES string of the molecule is C[SiH](C)CCOCn1nc(C#N)c2ccccc21. The third kappa shape index (κ3) is 2.78. The van der Waals surface area contributed by atoms with Gasteiger partial charge in [0.2, 0.25) is 0 Å². The standard InChI is InChI=1S/C13H17N3OSi/c1-18(2)8-7-17-10-16-13-6-4-3-5-11(13)12(9-14)15-16/h3-6,18H,7-8,10H2,1-2H3. The summed E-state index contributed by atoms with van der Waals surface area (Å²) in [5.41, 5.74) is 1.42. The predicted molar refractivity (Wildman–Crippen MR) is 74.1 cm³/mol. The number of aromatic nitrogens is 2. The highest BCUT2D eigenvalue weighted by molar-refractivity contribution is 6.55. The van der Waals surface area contributed by atoms with E-state index in [-0.39, 0.29) is 0 Å². The molecule has 1 aromatic carbocycles. The molecule has 0 amide bonds. The minimum Gasteiger partial charge on any atom is -0.360 e. The molecule has 2 aromatic rings. The lowest BCUT2D eigenvalue weighted by Crippen LogP contribution is -2.09. The van der Waals surface area contributed by atoms with Gasteiger partial charge in [0.1, 0.15) is 12.8 Å². The highest BCUT2D eigenvalue weighted by Crippen LogP contribution is 2.17. The summed E-state index contributed by atoms with van der Waals surface area (Å²) in [6.45, 7) is 5.81. The molecule has 5 heteroatoms. The van der Waals surface area contributed by atoms with Crippen LogP contribution in [0.1, 0.15) is 5.69 Å². The molecule has 0 N–H and O–H groups in total. The molecule has 0 radical (unpaired) electrons. The number of nitrogens with zero attached hydrogens (tertiary/aromatic N) is 3. The van der Waals surface area contributed by atoms with E-state index >= 15 is 0 Å². The van der Waals surface area contributed by atoms with Crippen LogP contribution in [0.5, 0.6) is 0 Å². The summed E-state index contributed by atoms with van der Waals surface area (Å²) in [6, 6.07) is 11.0. The van der Waals surface area contributed by atoms with Crippen LogP contribution < -0.4 is 0 Å². The molecular formula is C13H17N3OSi. The Bertz CT molecular complexity index is 571. The summed E-state index contributed by atoms with van der Waals surface area (Å²) in [7, 11) is -0.553. The Hall–Kier alpha value is -1.64. The first-order chi connectivity index (χ1) is 8.72. The van der Waals surface area contributed by atoms with Crippen LogP contribution in [0.15, 0.2) is 24.3 Å². The molecule has 18 heavy (non-hydrogen) atoms. The van der Waals surface area contributed by atoms with E-state index < -0.39 is 8.80 Å². The third-order valence-corrected chi connectivity index (χ3v) is 4.21. The van der Waals surface area contributed by atoms with Gasteiger partial charge in [-0.25, -0.2) is 4.68 Å². The highest BCUT2D eigenvalue weighted by atomic mass is 28.3. The highest BCUT2D eigenvalue weighted by Gasteiger charge is 2.08. The molecule has 0 bridgehead atoms. The van der Waals surface area contributed by atoms with E-state index in [1.807, 2.05) is 24.3 Å². The van der Waals surface area contributed by atoms with Crippen molar-refractivity contribution in [3.63, 3.8) is 0 Å². The second-order valence-electron chi connectivity index (χ2n) is 4.70. The van der Waals surface area contributed by atoms with Crippen LogP contribution in [0.3, 0.4) is 0 Å². The molecule has 94 valence electrons. The fourth-order valence-electron chi connectivity index (χ4n) is 1.78. The summed E-state index contributed by atoms with van der Waals surface area (Å²) < 4.78 is 7.38. The number of rotatable bonds is 5. The molecule has 0 spiro atoms. The van der Waals surface area contributed by atoms with Gasteiger partial charge in [0.25, 0.3) is 0 Å². The smallest absolute Gasteiger partial charge is 0.170 e.